The number of hydrogen-bond acceptors (Lipinski definition) is 10. The molecule has 2 aromatic carbocycles. The van der Waals surface area contributed by atoms with Gasteiger partial charge in [-0.3, -0.25) is 15.2 Å². The second-order valence-electron chi connectivity index (χ2n) is 8.04. The summed E-state index contributed by atoms with van der Waals surface area (Å²) in [6.07, 6.45) is 0. The van der Waals surface area contributed by atoms with Crippen LogP contribution in [0.3, 0.4) is 0 Å². The molecule has 0 fully saturated rings. The number of benzene rings is 2. The Labute approximate surface area is 224 Å². The number of ether oxygens (including phenoxy) is 3. The van der Waals surface area contributed by atoms with Crippen molar-refractivity contribution < 1.29 is 28.2 Å². The standard InChI is InChI=1S/C25H23FN6O6S/c1-12(33)38-24(34)21-17(8-9-39-21)32-25(35)30-23(31-32)20(13-4-7-18(36-2)19(10-13)37-3)29-14-5-6-15(22(27)28)16(26)11-14/h4-11,20,29H,1-3H3,(H3,27,28)(H,30,31,35). The number of nitrogens with one attached hydrogen (secondary N) is 3. The van der Waals surface area contributed by atoms with Gasteiger partial charge in [0.2, 0.25) is 0 Å². The van der Waals surface area contributed by atoms with Gasteiger partial charge in [-0.2, -0.15) is 4.68 Å². The van der Waals surface area contributed by atoms with Crippen molar-refractivity contribution >= 4 is 34.8 Å². The molecular weight excluding hydrogens is 531 g/mol. The Kier molecular flexibility index (Phi) is 7.76. The summed E-state index contributed by atoms with van der Waals surface area (Å²) in [6, 6.07) is 9.70. The monoisotopic (exact) mass is 554 g/mol. The zero-order valence-electron chi connectivity index (χ0n) is 20.9. The molecule has 2 heterocycles. The highest BCUT2D eigenvalue weighted by Gasteiger charge is 2.25. The molecule has 2 aromatic heterocycles. The lowest BCUT2D eigenvalue weighted by atomic mass is 10.0. The van der Waals surface area contributed by atoms with Crippen molar-refractivity contribution in [3.63, 3.8) is 0 Å². The molecule has 0 aliphatic carbocycles. The summed E-state index contributed by atoms with van der Waals surface area (Å²) in [5, 5.41) is 16.6. The van der Waals surface area contributed by atoms with E-state index in [2.05, 4.69) is 20.1 Å². The molecule has 5 N–H and O–H groups in total. The molecule has 12 nitrogen and oxygen atoms in total. The number of anilines is 1. The number of carbonyl (C=O) groups is 2. The van der Waals surface area contributed by atoms with Crippen molar-refractivity contribution in [3.8, 4) is 17.2 Å². The van der Waals surface area contributed by atoms with Gasteiger partial charge >= 0.3 is 17.6 Å². The number of carbonyl (C=O) groups excluding carboxylic acids is 2. The van der Waals surface area contributed by atoms with Crippen LogP contribution >= 0.6 is 11.3 Å². The van der Waals surface area contributed by atoms with Crippen LogP contribution in [-0.4, -0.2) is 46.8 Å². The first-order chi connectivity index (χ1) is 18.6. The Hall–Kier alpha value is -4.98. The number of esters is 2. The molecule has 0 saturated carbocycles. The van der Waals surface area contributed by atoms with Crippen molar-refractivity contribution in [2.75, 3.05) is 19.5 Å². The van der Waals surface area contributed by atoms with E-state index >= 15 is 0 Å². The second kappa shape index (κ2) is 11.2. The summed E-state index contributed by atoms with van der Waals surface area (Å²) in [7, 11) is 2.95. The lowest BCUT2D eigenvalue weighted by Gasteiger charge is -2.20. The number of aromatic amines is 1. The Morgan fingerprint density at radius 1 is 1.15 bits per heavy atom. The number of methoxy groups -OCH3 is 2. The zero-order valence-corrected chi connectivity index (χ0v) is 21.7. The summed E-state index contributed by atoms with van der Waals surface area (Å²) >= 11 is 0.978. The highest BCUT2D eigenvalue weighted by molar-refractivity contribution is 7.12. The van der Waals surface area contributed by atoms with Crippen molar-refractivity contribution in [1.82, 2.24) is 14.8 Å². The minimum Gasteiger partial charge on any atom is -0.493 e. The van der Waals surface area contributed by atoms with Gasteiger partial charge in [0.25, 0.3) is 0 Å². The van der Waals surface area contributed by atoms with E-state index in [9.17, 15) is 18.8 Å². The molecular formula is C25H23FN6O6S. The molecule has 1 unspecified atom stereocenters. The summed E-state index contributed by atoms with van der Waals surface area (Å²) in [6.45, 7) is 1.09. The molecule has 0 radical (unpaired) electrons. The fourth-order valence-corrected chi connectivity index (χ4v) is 4.51. The molecule has 202 valence electrons. The van der Waals surface area contributed by atoms with Crippen molar-refractivity contribution in [1.29, 1.82) is 5.41 Å². The second-order valence-corrected chi connectivity index (χ2v) is 8.96. The van der Waals surface area contributed by atoms with E-state index in [1.165, 1.54) is 32.4 Å². The van der Waals surface area contributed by atoms with Crippen molar-refractivity contribution in [3.05, 3.63) is 86.0 Å². The number of H-pyrrole nitrogens is 1. The lowest BCUT2D eigenvalue weighted by Crippen LogP contribution is -2.18. The fraction of sp³-hybridized carbons (Fsp3) is 0.160. The SMILES string of the molecule is COc1ccc(C(Nc2ccc(C(=N)N)c(F)c2)c2nn(-c3ccsc3C(=O)OC(C)=O)c(=O)[nH]2)cc1OC. The Morgan fingerprint density at radius 2 is 1.90 bits per heavy atom. The minimum atomic E-state index is -0.917. The molecule has 0 aliphatic rings. The van der Waals surface area contributed by atoms with E-state index in [0.717, 1.165) is 29.0 Å². The smallest absolute Gasteiger partial charge is 0.358 e. The average Bonchev–Trinajstić information content (AvgIpc) is 3.53. The molecule has 0 amide bonds. The number of halogens is 1. The number of hydrogen-bond donors (Lipinski definition) is 4. The quantitative estimate of drug-likeness (QED) is 0.105. The third kappa shape index (κ3) is 5.65. The van der Waals surface area contributed by atoms with Gasteiger partial charge in [0, 0.05) is 12.6 Å². The highest BCUT2D eigenvalue weighted by atomic mass is 32.1. The van der Waals surface area contributed by atoms with Crippen LogP contribution < -0.4 is 26.2 Å². The molecule has 14 heteroatoms. The molecule has 0 aliphatic heterocycles. The first-order valence-corrected chi connectivity index (χ1v) is 12.1. The first-order valence-electron chi connectivity index (χ1n) is 11.2. The summed E-state index contributed by atoms with van der Waals surface area (Å²) in [4.78, 5) is 39.3. The first kappa shape index (κ1) is 27.1. The molecule has 4 rings (SSSR count). The molecule has 4 aromatic rings. The number of rotatable bonds is 9. The summed E-state index contributed by atoms with van der Waals surface area (Å²) in [5.41, 5.74) is 5.66. The van der Waals surface area contributed by atoms with Crippen molar-refractivity contribution in [2.45, 2.75) is 13.0 Å². The van der Waals surface area contributed by atoms with Crippen LogP contribution in [0.1, 0.15) is 39.6 Å². The number of nitrogens with two attached hydrogens (primary N) is 1. The molecule has 39 heavy (non-hydrogen) atoms. The number of aromatic nitrogens is 3. The van der Waals surface area contributed by atoms with Gasteiger partial charge in [-0.15, -0.1) is 16.4 Å². The van der Waals surface area contributed by atoms with Gasteiger partial charge in [-0.25, -0.2) is 14.0 Å². The number of nitrogen functional groups attached to an aromatic ring is 1. The number of thiophene rings is 1. The Bertz CT molecular complexity index is 1630. The van der Waals surface area contributed by atoms with Gasteiger partial charge in [0.1, 0.15) is 22.6 Å². The highest BCUT2D eigenvalue weighted by Crippen LogP contribution is 2.33. The maximum absolute atomic E-state index is 14.6. The summed E-state index contributed by atoms with van der Waals surface area (Å²) in [5.74, 6) is -1.88. The van der Waals surface area contributed by atoms with Crippen LogP contribution in [0, 0.1) is 11.2 Å². The third-order valence-corrected chi connectivity index (χ3v) is 6.40. The third-order valence-electron chi connectivity index (χ3n) is 5.51. The maximum Gasteiger partial charge on any atom is 0.358 e. The summed E-state index contributed by atoms with van der Waals surface area (Å²) < 4.78 is 31.0. The van der Waals surface area contributed by atoms with Gasteiger partial charge in [0.05, 0.1) is 25.5 Å². The normalized spacial score (nSPS) is 11.5. The van der Waals surface area contributed by atoms with E-state index in [1.54, 1.807) is 23.6 Å². The molecule has 0 spiro atoms. The Balaban J connectivity index is 1.81. The minimum absolute atomic E-state index is 0.00266. The Morgan fingerprint density at radius 3 is 2.54 bits per heavy atom. The van der Waals surface area contributed by atoms with Crippen molar-refractivity contribution in [2.24, 2.45) is 5.73 Å². The van der Waals surface area contributed by atoms with Gasteiger partial charge in [-0.1, -0.05) is 6.07 Å². The molecule has 0 saturated heterocycles. The van der Waals surface area contributed by atoms with Gasteiger partial charge in [0.15, 0.2) is 17.3 Å². The fourth-order valence-electron chi connectivity index (χ4n) is 3.76. The van der Waals surface area contributed by atoms with E-state index in [4.69, 9.17) is 20.6 Å². The van der Waals surface area contributed by atoms with Crippen LogP contribution in [-0.2, 0) is 9.53 Å². The van der Waals surface area contributed by atoms with E-state index < -0.39 is 35.3 Å². The number of amidine groups is 1. The predicted molar refractivity (Wildman–Crippen MR) is 141 cm³/mol. The zero-order chi connectivity index (χ0) is 28.3. The van der Waals surface area contributed by atoms with Crippen LogP contribution in [0.4, 0.5) is 10.1 Å². The predicted octanol–water partition coefficient (Wildman–Crippen LogP) is 2.97. The average molecular weight is 555 g/mol. The largest absolute Gasteiger partial charge is 0.493 e. The van der Waals surface area contributed by atoms with E-state index in [0.29, 0.717) is 22.7 Å². The van der Waals surface area contributed by atoms with Crippen LogP contribution in [0.2, 0.25) is 0 Å². The van der Waals surface area contributed by atoms with Gasteiger partial charge < -0.3 is 25.3 Å². The molecule has 0 bridgehead atoms. The number of nitrogens with zero attached hydrogens (tertiary/aromatic N) is 2. The van der Waals surface area contributed by atoms with Gasteiger partial charge in [-0.05, 0) is 47.3 Å². The maximum atomic E-state index is 14.6. The lowest BCUT2D eigenvalue weighted by molar-refractivity contribution is -0.135. The molecule has 1 atom stereocenters. The van der Waals surface area contributed by atoms with Crippen LogP contribution in [0.25, 0.3) is 5.69 Å². The van der Waals surface area contributed by atoms with Crippen LogP contribution in [0.15, 0.2) is 52.6 Å². The van der Waals surface area contributed by atoms with E-state index in [-0.39, 0.29) is 22.0 Å². The topological polar surface area (TPSA) is 174 Å². The van der Waals surface area contributed by atoms with Crippen LogP contribution in [0.5, 0.6) is 11.5 Å². The van der Waals surface area contributed by atoms with E-state index in [1.807, 2.05) is 0 Å².